The van der Waals surface area contributed by atoms with Gasteiger partial charge < -0.3 is 19.7 Å². The maximum atomic E-state index is 14.4. The van der Waals surface area contributed by atoms with Crippen LogP contribution in [0.15, 0.2) is 36.4 Å². The lowest BCUT2D eigenvalue weighted by molar-refractivity contribution is -0.384. The summed E-state index contributed by atoms with van der Waals surface area (Å²) in [6.45, 7) is 10.3. The van der Waals surface area contributed by atoms with Crippen LogP contribution in [-0.2, 0) is 16.1 Å². The third kappa shape index (κ3) is 7.65. The highest BCUT2D eigenvalue weighted by molar-refractivity contribution is 5.78. The van der Waals surface area contributed by atoms with E-state index in [0.29, 0.717) is 12.6 Å². The fourth-order valence-corrected chi connectivity index (χ4v) is 4.30. The summed E-state index contributed by atoms with van der Waals surface area (Å²) in [5.74, 6) is -0.928. The monoisotopic (exact) mass is 515 g/mol. The van der Waals surface area contributed by atoms with E-state index in [9.17, 15) is 24.1 Å². The van der Waals surface area contributed by atoms with Crippen molar-refractivity contribution in [1.82, 2.24) is 4.90 Å². The fourth-order valence-electron chi connectivity index (χ4n) is 4.30. The number of nitro groups is 1. The molecule has 1 aliphatic carbocycles. The molecule has 2 aromatic carbocycles. The Morgan fingerprint density at radius 3 is 2.38 bits per heavy atom. The van der Waals surface area contributed by atoms with Crippen LogP contribution in [0.1, 0.15) is 65.9 Å². The average Bonchev–Trinajstić information content (AvgIpc) is 2.79. The van der Waals surface area contributed by atoms with Crippen LogP contribution in [0, 0.1) is 21.3 Å². The Labute approximate surface area is 216 Å². The second-order valence-corrected chi connectivity index (χ2v) is 11.1. The normalized spacial score (nSPS) is 15.5. The first kappa shape index (κ1) is 27.9. The standard InChI is InChI=1S/C27H34FN3O6/c1-26(2,3)37-25(33)30(19-10-12-27(4,5)13-11-19)16-18-6-8-20(9-7-18)36-24-15-22(29-17-32)23(31(34)35)14-21(24)28/h6-9,14-15,17,19H,10-13,16H2,1-5H3,(H,29,32). The van der Waals surface area contributed by atoms with Crippen LogP contribution >= 0.6 is 0 Å². The molecular weight excluding hydrogens is 481 g/mol. The smallest absolute Gasteiger partial charge is 0.410 e. The van der Waals surface area contributed by atoms with Gasteiger partial charge in [0.2, 0.25) is 6.41 Å². The Balaban J connectivity index is 1.78. The predicted octanol–water partition coefficient (Wildman–Crippen LogP) is 6.80. The molecule has 1 aliphatic rings. The summed E-state index contributed by atoms with van der Waals surface area (Å²) < 4.78 is 25.7. The van der Waals surface area contributed by atoms with E-state index in [1.807, 2.05) is 20.8 Å². The highest BCUT2D eigenvalue weighted by Gasteiger charge is 2.34. The summed E-state index contributed by atoms with van der Waals surface area (Å²) in [5.41, 5.74) is -0.288. The van der Waals surface area contributed by atoms with Gasteiger partial charge in [0.05, 0.1) is 11.0 Å². The predicted molar refractivity (Wildman–Crippen MR) is 137 cm³/mol. The van der Waals surface area contributed by atoms with Crippen LogP contribution in [0.4, 0.5) is 20.6 Å². The van der Waals surface area contributed by atoms with Gasteiger partial charge in [0.25, 0.3) is 5.69 Å². The minimum Gasteiger partial charge on any atom is -0.454 e. The second-order valence-electron chi connectivity index (χ2n) is 11.1. The first-order chi connectivity index (χ1) is 17.3. The topological polar surface area (TPSA) is 111 Å². The first-order valence-electron chi connectivity index (χ1n) is 12.2. The molecule has 1 N–H and O–H groups in total. The molecule has 10 heteroatoms. The van der Waals surface area contributed by atoms with E-state index in [0.717, 1.165) is 37.3 Å². The molecule has 0 heterocycles. The van der Waals surface area contributed by atoms with Gasteiger partial charge in [-0.3, -0.25) is 14.9 Å². The van der Waals surface area contributed by atoms with E-state index in [2.05, 4.69) is 19.2 Å². The van der Waals surface area contributed by atoms with Crippen LogP contribution in [0.5, 0.6) is 11.5 Å². The first-order valence-corrected chi connectivity index (χ1v) is 12.2. The van der Waals surface area contributed by atoms with Gasteiger partial charge in [0, 0.05) is 18.7 Å². The number of anilines is 1. The number of nitrogens with zero attached hydrogens (tertiary/aromatic N) is 2. The molecule has 1 fully saturated rings. The lowest BCUT2D eigenvalue weighted by Crippen LogP contribution is -2.45. The largest absolute Gasteiger partial charge is 0.454 e. The van der Waals surface area contributed by atoms with Gasteiger partial charge in [-0.25, -0.2) is 9.18 Å². The molecule has 0 radical (unpaired) electrons. The number of hydrogen-bond acceptors (Lipinski definition) is 6. The molecular formula is C27H34FN3O6. The molecule has 1 saturated carbocycles. The number of nitro benzene ring substituents is 1. The van der Waals surface area contributed by atoms with Crippen LogP contribution < -0.4 is 10.1 Å². The molecule has 0 bridgehead atoms. The Bertz CT molecular complexity index is 1130. The summed E-state index contributed by atoms with van der Waals surface area (Å²) in [7, 11) is 0. The van der Waals surface area contributed by atoms with Crippen LogP contribution in [0.2, 0.25) is 0 Å². The van der Waals surface area contributed by atoms with Gasteiger partial charge in [0.1, 0.15) is 17.0 Å². The van der Waals surface area contributed by atoms with Crippen molar-refractivity contribution in [3.05, 3.63) is 57.9 Å². The zero-order valence-electron chi connectivity index (χ0n) is 21.9. The molecule has 37 heavy (non-hydrogen) atoms. The van der Waals surface area contributed by atoms with E-state index in [1.165, 1.54) is 0 Å². The van der Waals surface area contributed by atoms with Crippen molar-refractivity contribution in [3.8, 4) is 11.5 Å². The van der Waals surface area contributed by atoms with Crippen molar-refractivity contribution in [1.29, 1.82) is 0 Å². The molecule has 0 atom stereocenters. The molecule has 200 valence electrons. The second kappa shape index (κ2) is 11.1. The average molecular weight is 516 g/mol. The van der Waals surface area contributed by atoms with E-state index in [1.54, 1.807) is 29.2 Å². The van der Waals surface area contributed by atoms with Crippen molar-refractivity contribution < 1.29 is 28.4 Å². The van der Waals surface area contributed by atoms with Crippen molar-refractivity contribution in [2.75, 3.05) is 5.32 Å². The van der Waals surface area contributed by atoms with E-state index < -0.39 is 22.0 Å². The third-order valence-corrected chi connectivity index (χ3v) is 6.34. The van der Waals surface area contributed by atoms with Crippen molar-refractivity contribution in [3.63, 3.8) is 0 Å². The number of halogens is 1. The summed E-state index contributed by atoms with van der Waals surface area (Å²) in [4.78, 5) is 36.0. The molecule has 0 saturated heterocycles. The molecule has 2 aromatic rings. The van der Waals surface area contributed by atoms with Crippen molar-refractivity contribution in [2.45, 2.75) is 78.5 Å². The van der Waals surface area contributed by atoms with Crippen LogP contribution in [0.25, 0.3) is 0 Å². The van der Waals surface area contributed by atoms with Gasteiger partial charge in [-0.1, -0.05) is 26.0 Å². The Morgan fingerprint density at radius 2 is 1.84 bits per heavy atom. The van der Waals surface area contributed by atoms with Gasteiger partial charge in [0.15, 0.2) is 11.6 Å². The SMILES string of the molecule is CC1(C)CCC(N(Cc2ccc(Oc3cc(NC=O)c([N+](=O)[O-])cc3F)cc2)C(=O)OC(C)(C)C)CC1. The lowest BCUT2D eigenvalue weighted by atomic mass is 9.75. The van der Waals surface area contributed by atoms with Crippen molar-refractivity contribution >= 4 is 23.9 Å². The molecule has 0 aliphatic heterocycles. The molecule has 0 aromatic heterocycles. The zero-order valence-corrected chi connectivity index (χ0v) is 21.9. The third-order valence-electron chi connectivity index (χ3n) is 6.34. The minimum absolute atomic E-state index is 0.0664. The maximum absolute atomic E-state index is 14.4. The zero-order chi connectivity index (χ0) is 27.4. The summed E-state index contributed by atoms with van der Waals surface area (Å²) >= 11 is 0. The van der Waals surface area contributed by atoms with Gasteiger partial charge in [-0.05, 0) is 69.6 Å². The highest BCUT2D eigenvalue weighted by Crippen LogP contribution is 2.38. The van der Waals surface area contributed by atoms with Gasteiger partial charge in [-0.2, -0.15) is 0 Å². The number of amides is 2. The summed E-state index contributed by atoms with van der Waals surface area (Å²) in [5, 5.41) is 13.3. The number of ether oxygens (including phenoxy) is 2. The molecule has 0 unspecified atom stereocenters. The van der Waals surface area contributed by atoms with E-state index in [-0.39, 0.29) is 41.1 Å². The Kier molecular flexibility index (Phi) is 8.40. The quantitative estimate of drug-likeness (QED) is 0.235. The van der Waals surface area contributed by atoms with Crippen molar-refractivity contribution in [2.24, 2.45) is 5.41 Å². The Morgan fingerprint density at radius 1 is 1.22 bits per heavy atom. The van der Waals surface area contributed by atoms with E-state index in [4.69, 9.17) is 9.47 Å². The fraction of sp³-hybridized carbons (Fsp3) is 0.481. The van der Waals surface area contributed by atoms with Gasteiger partial charge in [-0.15, -0.1) is 0 Å². The van der Waals surface area contributed by atoms with Crippen LogP contribution in [-0.4, -0.2) is 34.0 Å². The number of nitrogens with one attached hydrogen (secondary N) is 1. The number of carbonyl (C=O) groups excluding carboxylic acids is 2. The highest BCUT2D eigenvalue weighted by atomic mass is 19.1. The molecule has 0 spiro atoms. The lowest BCUT2D eigenvalue weighted by Gasteiger charge is -2.40. The molecule has 9 nitrogen and oxygen atoms in total. The molecule has 2 amide bonds. The Hall–Kier alpha value is -3.69. The number of hydrogen-bond donors (Lipinski definition) is 1. The maximum Gasteiger partial charge on any atom is 0.410 e. The number of carbonyl (C=O) groups is 2. The minimum atomic E-state index is -0.941. The summed E-state index contributed by atoms with van der Waals surface area (Å²) in [6.07, 6.45) is 3.73. The van der Waals surface area contributed by atoms with E-state index >= 15 is 0 Å². The number of benzene rings is 2. The molecule has 3 rings (SSSR count). The summed E-state index contributed by atoms with van der Waals surface area (Å²) in [6, 6.07) is 8.61. The van der Waals surface area contributed by atoms with Gasteiger partial charge >= 0.3 is 6.09 Å². The number of rotatable bonds is 8. The van der Waals surface area contributed by atoms with Crippen LogP contribution in [0.3, 0.4) is 0 Å².